The van der Waals surface area contributed by atoms with E-state index in [2.05, 4.69) is 11.4 Å². The predicted octanol–water partition coefficient (Wildman–Crippen LogP) is 3.45. The van der Waals surface area contributed by atoms with Crippen molar-refractivity contribution in [1.82, 2.24) is 5.32 Å². The summed E-state index contributed by atoms with van der Waals surface area (Å²) < 4.78 is 5.42. The maximum atomic E-state index is 12.3. The summed E-state index contributed by atoms with van der Waals surface area (Å²) >= 11 is 0. The molecule has 1 aliphatic carbocycles. The Hall–Kier alpha value is -2.84. The van der Waals surface area contributed by atoms with Crippen LogP contribution in [0.5, 0.6) is 0 Å². The van der Waals surface area contributed by atoms with Gasteiger partial charge in [0.15, 0.2) is 0 Å². The molecule has 1 aliphatic heterocycles. The SMILES string of the molecule is CNC[C@H]1CN(c2ccc(C3(C#N)CC3)c(-c3ccccc3)c2)C(=O)O1. The van der Waals surface area contributed by atoms with Gasteiger partial charge in [0.05, 0.1) is 18.0 Å². The zero-order valence-corrected chi connectivity index (χ0v) is 14.7. The molecule has 1 atom stereocenters. The molecule has 1 N–H and O–H groups in total. The molecule has 0 spiro atoms. The zero-order chi connectivity index (χ0) is 18.1. The Morgan fingerprint density at radius 1 is 1.27 bits per heavy atom. The number of nitrogens with one attached hydrogen (secondary N) is 1. The smallest absolute Gasteiger partial charge is 0.414 e. The van der Waals surface area contributed by atoms with Gasteiger partial charge in [-0.05, 0) is 48.7 Å². The van der Waals surface area contributed by atoms with E-state index in [0.29, 0.717) is 13.1 Å². The van der Waals surface area contributed by atoms with Gasteiger partial charge in [0.2, 0.25) is 0 Å². The van der Waals surface area contributed by atoms with E-state index in [-0.39, 0.29) is 17.6 Å². The summed E-state index contributed by atoms with van der Waals surface area (Å²) in [6, 6.07) is 18.5. The number of nitriles is 1. The van der Waals surface area contributed by atoms with Crippen LogP contribution >= 0.6 is 0 Å². The van der Waals surface area contributed by atoms with Crippen LogP contribution in [0.15, 0.2) is 48.5 Å². The molecule has 0 aromatic heterocycles. The van der Waals surface area contributed by atoms with Gasteiger partial charge < -0.3 is 10.1 Å². The fourth-order valence-corrected chi connectivity index (χ4v) is 3.61. The van der Waals surface area contributed by atoms with Crippen LogP contribution in [0.25, 0.3) is 11.1 Å². The highest BCUT2D eigenvalue weighted by Gasteiger charge is 2.46. The van der Waals surface area contributed by atoms with Crippen molar-refractivity contribution < 1.29 is 9.53 Å². The largest absolute Gasteiger partial charge is 0.443 e. The van der Waals surface area contributed by atoms with Crippen LogP contribution in [0.4, 0.5) is 10.5 Å². The second kappa shape index (κ2) is 6.47. The first-order valence-corrected chi connectivity index (χ1v) is 8.91. The van der Waals surface area contributed by atoms with E-state index in [1.165, 1.54) is 0 Å². The van der Waals surface area contributed by atoms with Crippen molar-refractivity contribution >= 4 is 11.8 Å². The first-order chi connectivity index (χ1) is 12.7. The van der Waals surface area contributed by atoms with Gasteiger partial charge in [-0.15, -0.1) is 0 Å². The fourth-order valence-electron chi connectivity index (χ4n) is 3.61. The van der Waals surface area contributed by atoms with Crippen molar-refractivity contribution in [2.24, 2.45) is 0 Å². The number of hydrogen-bond acceptors (Lipinski definition) is 4. The number of benzene rings is 2. The monoisotopic (exact) mass is 347 g/mol. The lowest BCUT2D eigenvalue weighted by molar-refractivity contribution is 0.141. The Bertz CT molecular complexity index is 869. The average Bonchev–Trinajstić information content (AvgIpc) is 3.39. The first-order valence-electron chi connectivity index (χ1n) is 8.91. The van der Waals surface area contributed by atoms with Crippen LogP contribution in [0.3, 0.4) is 0 Å². The Morgan fingerprint density at radius 2 is 2.04 bits per heavy atom. The first kappa shape index (κ1) is 16.6. The third-order valence-electron chi connectivity index (χ3n) is 5.19. The van der Waals surface area contributed by atoms with E-state index in [9.17, 15) is 10.1 Å². The quantitative estimate of drug-likeness (QED) is 0.900. The molecular formula is C21H21N3O2. The highest BCUT2D eigenvalue weighted by molar-refractivity contribution is 5.91. The third kappa shape index (κ3) is 2.83. The summed E-state index contributed by atoms with van der Waals surface area (Å²) in [4.78, 5) is 14.0. The Balaban J connectivity index is 1.75. The van der Waals surface area contributed by atoms with Crippen molar-refractivity contribution in [3.8, 4) is 17.2 Å². The number of amides is 1. The van der Waals surface area contributed by atoms with E-state index < -0.39 is 0 Å². The molecule has 0 radical (unpaired) electrons. The van der Waals surface area contributed by atoms with Gasteiger partial charge in [-0.3, -0.25) is 4.90 Å². The van der Waals surface area contributed by atoms with Gasteiger partial charge in [-0.1, -0.05) is 36.4 Å². The van der Waals surface area contributed by atoms with Gasteiger partial charge in [0.25, 0.3) is 0 Å². The molecule has 5 nitrogen and oxygen atoms in total. The number of ether oxygens (including phenoxy) is 1. The van der Waals surface area contributed by atoms with Crippen LogP contribution in [0, 0.1) is 11.3 Å². The average molecular weight is 347 g/mol. The molecule has 2 fully saturated rings. The van der Waals surface area contributed by atoms with E-state index in [1.54, 1.807) is 4.90 Å². The molecule has 0 unspecified atom stereocenters. The summed E-state index contributed by atoms with van der Waals surface area (Å²) in [6.45, 7) is 1.15. The van der Waals surface area contributed by atoms with E-state index in [1.807, 2.05) is 55.6 Å². The van der Waals surface area contributed by atoms with Crippen molar-refractivity contribution in [2.75, 3.05) is 25.0 Å². The number of carbonyl (C=O) groups is 1. The Labute approximate surface area is 153 Å². The van der Waals surface area contributed by atoms with Crippen LogP contribution in [0.2, 0.25) is 0 Å². The van der Waals surface area contributed by atoms with Crippen molar-refractivity contribution in [3.63, 3.8) is 0 Å². The number of rotatable bonds is 5. The Kier molecular flexibility index (Phi) is 4.14. The fraction of sp³-hybridized carbons (Fsp3) is 0.333. The summed E-state index contributed by atoms with van der Waals surface area (Å²) in [6.07, 6.45) is 1.30. The summed E-state index contributed by atoms with van der Waals surface area (Å²) in [5, 5.41) is 12.7. The highest BCUT2D eigenvalue weighted by atomic mass is 16.6. The van der Waals surface area contributed by atoms with Gasteiger partial charge in [0.1, 0.15) is 6.10 Å². The maximum Gasteiger partial charge on any atom is 0.414 e. The van der Waals surface area contributed by atoms with Crippen LogP contribution in [-0.4, -0.2) is 32.3 Å². The second-order valence-corrected chi connectivity index (χ2v) is 6.96. The van der Waals surface area contributed by atoms with Crippen molar-refractivity contribution in [1.29, 1.82) is 5.26 Å². The third-order valence-corrected chi connectivity index (χ3v) is 5.19. The predicted molar refractivity (Wildman–Crippen MR) is 99.9 cm³/mol. The lowest BCUT2D eigenvalue weighted by Gasteiger charge is -2.19. The number of cyclic esters (lactones) is 1. The van der Waals surface area contributed by atoms with E-state index in [4.69, 9.17) is 4.74 Å². The minimum atomic E-state index is -0.385. The molecule has 0 bridgehead atoms. The van der Waals surface area contributed by atoms with Crippen LogP contribution in [0.1, 0.15) is 18.4 Å². The molecule has 2 aromatic carbocycles. The van der Waals surface area contributed by atoms with Gasteiger partial charge in [0, 0.05) is 12.2 Å². The van der Waals surface area contributed by atoms with Crippen LogP contribution in [-0.2, 0) is 10.2 Å². The molecule has 132 valence electrons. The topological polar surface area (TPSA) is 65.4 Å². The number of carbonyl (C=O) groups excluding carboxylic acids is 1. The van der Waals surface area contributed by atoms with Gasteiger partial charge in [-0.2, -0.15) is 5.26 Å². The molecule has 26 heavy (non-hydrogen) atoms. The van der Waals surface area contributed by atoms with Crippen LogP contribution < -0.4 is 10.2 Å². The second-order valence-electron chi connectivity index (χ2n) is 6.96. The molecule has 2 aliphatic rings. The van der Waals surface area contributed by atoms with Crippen molar-refractivity contribution in [3.05, 3.63) is 54.1 Å². The minimum Gasteiger partial charge on any atom is -0.443 e. The van der Waals surface area contributed by atoms with Gasteiger partial charge in [-0.25, -0.2) is 4.79 Å². The molecule has 1 heterocycles. The molecule has 1 saturated carbocycles. The lowest BCUT2D eigenvalue weighted by atomic mass is 9.88. The maximum absolute atomic E-state index is 12.3. The van der Waals surface area contributed by atoms with E-state index >= 15 is 0 Å². The number of hydrogen-bond donors (Lipinski definition) is 1. The number of anilines is 1. The molecule has 5 heteroatoms. The molecule has 2 aromatic rings. The van der Waals surface area contributed by atoms with Gasteiger partial charge >= 0.3 is 6.09 Å². The number of likely N-dealkylation sites (N-methyl/N-ethyl adjacent to an activating group) is 1. The molecular weight excluding hydrogens is 326 g/mol. The summed E-state index contributed by atoms with van der Waals surface area (Å²) in [5.41, 5.74) is 3.56. The van der Waals surface area contributed by atoms with E-state index in [0.717, 1.165) is 35.2 Å². The Morgan fingerprint density at radius 3 is 2.69 bits per heavy atom. The zero-order valence-electron chi connectivity index (χ0n) is 14.7. The van der Waals surface area contributed by atoms with Crippen molar-refractivity contribution in [2.45, 2.75) is 24.4 Å². The summed E-state index contributed by atoms with van der Waals surface area (Å²) in [7, 11) is 1.84. The molecule has 4 rings (SSSR count). The molecule has 1 amide bonds. The number of nitrogens with zero attached hydrogens (tertiary/aromatic N) is 2. The minimum absolute atomic E-state index is 0.152. The standard InChI is InChI=1S/C21H21N3O2/c1-23-12-17-13-24(20(25)26-17)16-7-8-19(21(14-22)9-10-21)18(11-16)15-5-3-2-4-6-15/h2-8,11,17,23H,9-10,12-13H2,1H3/t17-/m0/s1. The highest BCUT2D eigenvalue weighted by Crippen LogP contribution is 2.51. The summed E-state index contributed by atoms with van der Waals surface area (Å²) in [5.74, 6) is 0. The lowest BCUT2D eigenvalue weighted by Crippen LogP contribution is -2.29. The normalized spacial score (nSPS) is 20.5. The molecule has 1 saturated heterocycles.